The van der Waals surface area contributed by atoms with Crippen molar-refractivity contribution >= 4 is 13.8 Å². The Bertz CT molecular complexity index is 338. The molecule has 0 radical (unpaired) electrons. The van der Waals surface area contributed by atoms with Crippen LogP contribution in [-0.4, -0.2) is 55.9 Å². The maximum atomic E-state index is 11.5. The van der Waals surface area contributed by atoms with Gasteiger partial charge in [0.05, 0.1) is 21.1 Å². The Labute approximate surface area is 107 Å². The van der Waals surface area contributed by atoms with E-state index in [9.17, 15) is 14.3 Å². The smallest absolute Gasteiger partial charge is 0.432 e. The number of nitrogens with zero attached hydrogens (tertiary/aromatic N) is 1. The first-order chi connectivity index (χ1) is 8.06. The van der Waals surface area contributed by atoms with Crippen LogP contribution in [0.2, 0.25) is 0 Å². The van der Waals surface area contributed by atoms with Crippen molar-refractivity contribution in [3.8, 4) is 0 Å². The first-order valence-corrected chi connectivity index (χ1v) is 6.84. The van der Waals surface area contributed by atoms with Crippen LogP contribution in [0.5, 0.6) is 0 Å². The van der Waals surface area contributed by atoms with Gasteiger partial charge in [-0.25, -0.2) is 13.9 Å². The third kappa shape index (κ3) is 9.32. The molecular weight excluding hydrogens is 261 g/mol. The number of rotatable bonds is 8. The molecule has 0 aromatic rings. The molecule has 106 valence electrons. The summed E-state index contributed by atoms with van der Waals surface area (Å²) < 4.78 is 26.0. The lowest BCUT2D eigenvalue weighted by Crippen LogP contribution is -2.37. The van der Waals surface area contributed by atoms with E-state index in [1.54, 1.807) is 0 Å². The van der Waals surface area contributed by atoms with Crippen molar-refractivity contribution in [2.45, 2.75) is 13.2 Å². The summed E-state index contributed by atoms with van der Waals surface area (Å²) in [6.07, 6.45) is -0.254. The number of quaternary nitrogens is 1. The Hall–Kier alpha value is -0.720. The van der Waals surface area contributed by atoms with Gasteiger partial charge >= 0.3 is 13.8 Å². The number of likely N-dealkylation sites (N-methyl/N-ethyl adjacent to an activating group) is 1. The molecule has 2 atom stereocenters. The first kappa shape index (κ1) is 17.3. The molecule has 0 aromatic carbocycles. The van der Waals surface area contributed by atoms with Gasteiger partial charge in [-0.2, -0.15) is 0 Å². The van der Waals surface area contributed by atoms with Gasteiger partial charge < -0.3 is 14.1 Å². The van der Waals surface area contributed by atoms with Gasteiger partial charge in [0.25, 0.3) is 0 Å². The van der Waals surface area contributed by atoms with Gasteiger partial charge in [0, 0.05) is 6.08 Å². The highest BCUT2D eigenvalue weighted by Crippen LogP contribution is 2.44. The minimum absolute atomic E-state index is 0.0550. The third-order valence-corrected chi connectivity index (χ3v) is 2.82. The van der Waals surface area contributed by atoms with Crippen molar-refractivity contribution in [2.24, 2.45) is 0 Å². The summed E-state index contributed by atoms with van der Waals surface area (Å²) in [5, 5.41) is 0. The molecule has 0 rings (SSSR count). The summed E-state index contributed by atoms with van der Waals surface area (Å²) in [6.45, 7) is 5.10. The van der Waals surface area contributed by atoms with Gasteiger partial charge in [0.2, 0.25) is 6.29 Å². The molecule has 1 N–H and O–H groups in total. The number of carbonyl (C=O) groups is 1. The van der Waals surface area contributed by atoms with Crippen molar-refractivity contribution in [1.29, 1.82) is 0 Å². The minimum Gasteiger partial charge on any atom is -0.432 e. The maximum absolute atomic E-state index is 11.5. The highest BCUT2D eigenvalue weighted by atomic mass is 31.2. The predicted molar refractivity (Wildman–Crippen MR) is 65.5 cm³/mol. The maximum Gasteiger partial charge on any atom is 0.475 e. The largest absolute Gasteiger partial charge is 0.475 e. The number of phosphoric ester groups is 1. The fourth-order valence-electron chi connectivity index (χ4n) is 0.881. The van der Waals surface area contributed by atoms with E-state index in [1.807, 2.05) is 21.1 Å². The van der Waals surface area contributed by atoms with E-state index >= 15 is 0 Å². The molecule has 0 saturated carbocycles. The minimum atomic E-state index is -4.22. The third-order valence-electron chi connectivity index (χ3n) is 1.75. The van der Waals surface area contributed by atoms with Crippen LogP contribution < -0.4 is 0 Å². The molecule has 0 amide bonds. The Balaban J connectivity index is 4.10. The lowest BCUT2D eigenvalue weighted by molar-refractivity contribution is -0.870. The zero-order chi connectivity index (χ0) is 14.4. The van der Waals surface area contributed by atoms with E-state index < -0.39 is 20.1 Å². The van der Waals surface area contributed by atoms with Crippen LogP contribution >= 0.6 is 7.82 Å². The van der Waals surface area contributed by atoms with Gasteiger partial charge in [0.1, 0.15) is 13.2 Å². The molecule has 7 nitrogen and oxygen atoms in total. The van der Waals surface area contributed by atoms with Gasteiger partial charge in [-0.3, -0.25) is 4.52 Å². The summed E-state index contributed by atoms with van der Waals surface area (Å²) in [7, 11) is 1.53. The highest BCUT2D eigenvalue weighted by Gasteiger charge is 2.26. The van der Waals surface area contributed by atoms with Gasteiger partial charge in [-0.05, 0) is 6.92 Å². The molecule has 8 heteroatoms. The molecule has 0 aliphatic heterocycles. The molecule has 18 heavy (non-hydrogen) atoms. The van der Waals surface area contributed by atoms with Gasteiger partial charge in [0.15, 0.2) is 0 Å². The Kier molecular flexibility index (Phi) is 6.73. The Morgan fingerprint density at radius 2 is 2.06 bits per heavy atom. The van der Waals surface area contributed by atoms with E-state index in [2.05, 4.69) is 15.8 Å². The molecule has 0 spiro atoms. The summed E-state index contributed by atoms with van der Waals surface area (Å²) in [5.74, 6) is -0.742. The molecule has 0 aliphatic carbocycles. The van der Waals surface area contributed by atoms with Crippen molar-refractivity contribution in [1.82, 2.24) is 0 Å². The van der Waals surface area contributed by atoms with Crippen molar-refractivity contribution in [3.05, 3.63) is 12.7 Å². The topological polar surface area (TPSA) is 82.1 Å². The summed E-state index contributed by atoms with van der Waals surface area (Å²) >= 11 is 0. The Morgan fingerprint density at radius 3 is 2.50 bits per heavy atom. The van der Waals surface area contributed by atoms with Crippen LogP contribution in [0.25, 0.3) is 0 Å². The quantitative estimate of drug-likeness (QED) is 0.234. The second kappa shape index (κ2) is 7.01. The zero-order valence-electron chi connectivity index (χ0n) is 11.2. The lowest BCUT2D eigenvalue weighted by Gasteiger charge is -2.24. The zero-order valence-corrected chi connectivity index (χ0v) is 12.1. The van der Waals surface area contributed by atoms with E-state index in [0.717, 1.165) is 6.08 Å². The summed E-state index contributed by atoms with van der Waals surface area (Å²) in [4.78, 5) is 20.2. The highest BCUT2D eigenvalue weighted by molar-refractivity contribution is 7.47. The SMILES string of the molecule is C=CC(=O)OC(C)OP(=O)(O)OCC[N+](C)(C)C. The molecule has 0 heterocycles. The molecular formula is C10H21NO6P+. The van der Waals surface area contributed by atoms with Gasteiger partial charge in [-0.1, -0.05) is 6.58 Å². The van der Waals surface area contributed by atoms with E-state index in [4.69, 9.17) is 4.52 Å². The second-order valence-electron chi connectivity index (χ2n) is 4.63. The molecule has 2 unspecified atom stereocenters. The summed E-state index contributed by atoms with van der Waals surface area (Å²) in [5.41, 5.74) is 0. The van der Waals surface area contributed by atoms with Crippen LogP contribution in [0.15, 0.2) is 12.7 Å². The first-order valence-electron chi connectivity index (χ1n) is 5.35. The van der Waals surface area contributed by atoms with Crippen molar-refractivity contribution in [3.63, 3.8) is 0 Å². The van der Waals surface area contributed by atoms with Crippen LogP contribution in [0.1, 0.15) is 6.92 Å². The summed E-state index contributed by atoms with van der Waals surface area (Å²) in [6, 6.07) is 0. The van der Waals surface area contributed by atoms with Crippen LogP contribution in [0.3, 0.4) is 0 Å². The molecule has 0 aromatic heterocycles. The fourth-order valence-corrected chi connectivity index (χ4v) is 1.67. The average molecular weight is 282 g/mol. The average Bonchev–Trinajstić information content (AvgIpc) is 2.13. The normalized spacial score (nSPS) is 16.7. The van der Waals surface area contributed by atoms with Crippen LogP contribution in [0, 0.1) is 0 Å². The second-order valence-corrected chi connectivity index (χ2v) is 6.04. The Morgan fingerprint density at radius 1 is 1.50 bits per heavy atom. The number of carbonyl (C=O) groups excluding carboxylic acids is 1. The van der Waals surface area contributed by atoms with Gasteiger partial charge in [-0.15, -0.1) is 0 Å². The predicted octanol–water partition coefficient (Wildman–Crippen LogP) is 0.901. The number of esters is 1. The molecule has 0 saturated heterocycles. The molecule has 0 bridgehead atoms. The van der Waals surface area contributed by atoms with Crippen molar-refractivity contribution < 1.29 is 32.5 Å². The standard InChI is InChI=1S/C10H20NO6P/c1-6-10(12)16-9(2)17-18(13,14)15-8-7-11(3,4)5/h6,9H,1,7-8H2,2-5H3/p+1. The monoisotopic (exact) mass is 282 g/mol. The van der Waals surface area contributed by atoms with E-state index in [0.29, 0.717) is 11.0 Å². The van der Waals surface area contributed by atoms with E-state index in [-0.39, 0.29) is 6.61 Å². The fraction of sp³-hybridized carbons (Fsp3) is 0.700. The molecule has 0 aliphatic rings. The number of ether oxygens (including phenoxy) is 1. The van der Waals surface area contributed by atoms with Crippen molar-refractivity contribution in [2.75, 3.05) is 34.3 Å². The van der Waals surface area contributed by atoms with E-state index in [1.165, 1.54) is 6.92 Å². The lowest BCUT2D eigenvalue weighted by atomic mass is 10.5. The molecule has 0 fully saturated rings. The van der Waals surface area contributed by atoms with Crippen LogP contribution in [0.4, 0.5) is 0 Å². The number of phosphoric acid groups is 1. The number of hydrogen-bond donors (Lipinski definition) is 1. The van der Waals surface area contributed by atoms with Crippen LogP contribution in [-0.2, 0) is 23.1 Å². The number of hydrogen-bond acceptors (Lipinski definition) is 5.